The quantitative estimate of drug-likeness (QED) is 0.479. The van der Waals surface area contributed by atoms with E-state index < -0.39 is 33.6 Å². The van der Waals surface area contributed by atoms with Crippen LogP contribution in [0.15, 0.2) is 23.1 Å². The Balaban J connectivity index is 3.01. The third kappa shape index (κ3) is 3.73. The lowest BCUT2D eigenvalue weighted by molar-refractivity contribution is -0.385. The maximum absolute atomic E-state index is 11.8. The lowest BCUT2D eigenvalue weighted by Crippen LogP contribution is -2.36. The van der Waals surface area contributed by atoms with E-state index in [-0.39, 0.29) is 10.6 Å². The summed E-state index contributed by atoms with van der Waals surface area (Å²) in [6.45, 7) is 0.718. The lowest BCUT2D eigenvalue weighted by Gasteiger charge is -2.09. The second-order valence-electron chi connectivity index (χ2n) is 3.91. The number of aliphatic carboxylic acids is 1. The summed E-state index contributed by atoms with van der Waals surface area (Å²) in [5.41, 5.74) is -0.0776. The van der Waals surface area contributed by atoms with Gasteiger partial charge in [-0.3, -0.25) is 10.1 Å². The second kappa shape index (κ2) is 5.94. The number of aryl methyl sites for hydroxylation is 1. The molecule has 1 atom stereocenters. The predicted molar refractivity (Wildman–Crippen MR) is 66.7 cm³/mol. The molecule has 0 spiro atoms. The average molecular weight is 304 g/mol. The van der Waals surface area contributed by atoms with E-state index in [1.165, 1.54) is 13.0 Å². The zero-order valence-corrected chi connectivity index (χ0v) is 11.1. The third-order valence-corrected chi connectivity index (χ3v) is 3.86. The van der Waals surface area contributed by atoms with Crippen molar-refractivity contribution < 1.29 is 28.3 Å². The Morgan fingerprint density at radius 1 is 1.50 bits per heavy atom. The molecule has 3 N–H and O–H groups in total. The van der Waals surface area contributed by atoms with Gasteiger partial charge in [-0.25, -0.2) is 17.9 Å². The average Bonchev–Trinajstić information content (AvgIpc) is 2.35. The largest absolute Gasteiger partial charge is 0.479 e. The molecule has 0 saturated heterocycles. The minimum atomic E-state index is -4.14. The molecule has 0 aliphatic rings. The molecule has 10 heteroatoms. The second-order valence-corrected chi connectivity index (χ2v) is 5.68. The van der Waals surface area contributed by atoms with Gasteiger partial charge >= 0.3 is 5.97 Å². The topological polar surface area (TPSA) is 147 Å². The number of hydrogen-bond acceptors (Lipinski definition) is 6. The highest BCUT2D eigenvalue weighted by atomic mass is 32.2. The summed E-state index contributed by atoms with van der Waals surface area (Å²) >= 11 is 0. The van der Waals surface area contributed by atoms with E-state index in [0.29, 0.717) is 5.56 Å². The number of hydrogen-bond donors (Lipinski definition) is 3. The van der Waals surface area contributed by atoms with Crippen LogP contribution in [0.3, 0.4) is 0 Å². The van der Waals surface area contributed by atoms with Crippen LogP contribution in [0.25, 0.3) is 0 Å². The SMILES string of the molecule is Cc1ccc(S(=O)(=O)NCC(O)C(=O)O)cc1[N+](=O)[O-]. The first-order chi connectivity index (χ1) is 9.15. The fraction of sp³-hybridized carbons (Fsp3) is 0.300. The number of carbonyl (C=O) groups is 1. The molecule has 1 aromatic rings. The zero-order valence-electron chi connectivity index (χ0n) is 10.3. The minimum Gasteiger partial charge on any atom is -0.479 e. The normalized spacial score (nSPS) is 12.9. The molecule has 0 saturated carbocycles. The fourth-order valence-electron chi connectivity index (χ4n) is 1.31. The Bertz CT molecular complexity index is 641. The van der Waals surface area contributed by atoms with Gasteiger partial charge in [0.2, 0.25) is 10.0 Å². The molecule has 1 aromatic carbocycles. The molecule has 0 heterocycles. The van der Waals surface area contributed by atoms with E-state index in [4.69, 9.17) is 10.2 Å². The third-order valence-electron chi connectivity index (χ3n) is 2.44. The summed E-state index contributed by atoms with van der Waals surface area (Å²) in [4.78, 5) is 20.0. The zero-order chi connectivity index (χ0) is 15.5. The molecule has 110 valence electrons. The van der Waals surface area contributed by atoms with Crippen molar-refractivity contribution in [3.8, 4) is 0 Å². The number of nitro groups is 1. The van der Waals surface area contributed by atoms with E-state index >= 15 is 0 Å². The number of nitrogens with zero attached hydrogens (tertiary/aromatic N) is 1. The number of rotatable bonds is 6. The molecule has 0 aliphatic carbocycles. The maximum atomic E-state index is 11.8. The summed E-state index contributed by atoms with van der Waals surface area (Å²) in [7, 11) is -4.14. The van der Waals surface area contributed by atoms with Crippen LogP contribution in [0.5, 0.6) is 0 Å². The van der Waals surface area contributed by atoms with Gasteiger partial charge in [0.05, 0.1) is 9.82 Å². The van der Waals surface area contributed by atoms with Crippen molar-refractivity contribution in [1.29, 1.82) is 0 Å². The predicted octanol–water partition coefficient (Wildman–Crippen LogP) is -0.373. The highest BCUT2D eigenvalue weighted by Crippen LogP contribution is 2.21. The van der Waals surface area contributed by atoms with Crippen LogP contribution in [-0.2, 0) is 14.8 Å². The van der Waals surface area contributed by atoms with Crippen LogP contribution < -0.4 is 4.72 Å². The minimum absolute atomic E-state index is 0.291. The van der Waals surface area contributed by atoms with Crippen molar-refractivity contribution in [2.45, 2.75) is 17.9 Å². The molecule has 0 fully saturated rings. The van der Waals surface area contributed by atoms with Crippen molar-refractivity contribution in [2.75, 3.05) is 6.54 Å². The molecule has 0 aromatic heterocycles. The van der Waals surface area contributed by atoms with Crippen molar-refractivity contribution in [2.24, 2.45) is 0 Å². The molecule has 1 unspecified atom stereocenters. The molecule has 0 bridgehead atoms. The summed E-state index contributed by atoms with van der Waals surface area (Å²) in [5.74, 6) is -1.58. The lowest BCUT2D eigenvalue weighted by atomic mass is 10.2. The van der Waals surface area contributed by atoms with Gasteiger partial charge in [-0.2, -0.15) is 0 Å². The Morgan fingerprint density at radius 3 is 2.60 bits per heavy atom. The van der Waals surface area contributed by atoms with Crippen LogP contribution in [0.4, 0.5) is 5.69 Å². The number of aliphatic hydroxyl groups is 1. The smallest absolute Gasteiger partial charge is 0.333 e. The fourth-order valence-corrected chi connectivity index (χ4v) is 2.37. The first-order valence-electron chi connectivity index (χ1n) is 5.30. The van der Waals surface area contributed by atoms with E-state index in [2.05, 4.69) is 0 Å². The number of carboxylic acid groups (broad SMARTS) is 1. The number of aliphatic hydroxyl groups excluding tert-OH is 1. The Kier molecular flexibility index (Phi) is 4.76. The Hall–Kier alpha value is -2.04. The Morgan fingerprint density at radius 2 is 2.10 bits per heavy atom. The first-order valence-corrected chi connectivity index (χ1v) is 6.79. The van der Waals surface area contributed by atoms with Crippen LogP contribution in [0.2, 0.25) is 0 Å². The van der Waals surface area contributed by atoms with Gasteiger partial charge in [-0.05, 0) is 13.0 Å². The van der Waals surface area contributed by atoms with Gasteiger partial charge in [-0.15, -0.1) is 0 Å². The molecular weight excluding hydrogens is 292 g/mol. The number of benzene rings is 1. The van der Waals surface area contributed by atoms with Gasteiger partial charge in [0.1, 0.15) is 0 Å². The number of nitrogens with one attached hydrogen (secondary N) is 1. The molecule has 0 radical (unpaired) electrons. The van der Waals surface area contributed by atoms with E-state index in [9.17, 15) is 23.3 Å². The van der Waals surface area contributed by atoms with E-state index in [0.717, 1.165) is 12.1 Å². The van der Waals surface area contributed by atoms with E-state index in [1.54, 1.807) is 0 Å². The van der Waals surface area contributed by atoms with Gasteiger partial charge in [0, 0.05) is 18.2 Å². The first kappa shape index (κ1) is 16.0. The van der Waals surface area contributed by atoms with E-state index in [1.807, 2.05) is 4.72 Å². The highest BCUT2D eigenvalue weighted by molar-refractivity contribution is 7.89. The molecule has 0 aliphatic heterocycles. The number of nitro benzene ring substituents is 1. The van der Waals surface area contributed by atoms with Crippen molar-refractivity contribution in [1.82, 2.24) is 4.72 Å². The molecule has 1 rings (SSSR count). The van der Waals surface area contributed by atoms with Crippen molar-refractivity contribution >= 4 is 21.7 Å². The highest BCUT2D eigenvalue weighted by Gasteiger charge is 2.22. The van der Waals surface area contributed by atoms with Crippen molar-refractivity contribution in [3.05, 3.63) is 33.9 Å². The van der Waals surface area contributed by atoms with Crippen LogP contribution in [0.1, 0.15) is 5.56 Å². The van der Waals surface area contributed by atoms with Gasteiger partial charge in [0.15, 0.2) is 6.10 Å². The summed E-state index contributed by atoms with van der Waals surface area (Å²) in [5, 5.41) is 28.1. The van der Waals surface area contributed by atoms with Crippen LogP contribution >= 0.6 is 0 Å². The van der Waals surface area contributed by atoms with Gasteiger partial charge in [-0.1, -0.05) is 6.07 Å². The van der Waals surface area contributed by atoms with Gasteiger partial charge in [0.25, 0.3) is 5.69 Å². The van der Waals surface area contributed by atoms with Crippen LogP contribution in [0, 0.1) is 17.0 Å². The summed E-state index contributed by atoms with van der Waals surface area (Å²) in [6.07, 6.45) is -1.90. The van der Waals surface area contributed by atoms with Gasteiger partial charge < -0.3 is 10.2 Å². The number of sulfonamides is 1. The maximum Gasteiger partial charge on any atom is 0.333 e. The molecule has 0 amide bonds. The molecular formula is C10H12N2O7S. The molecule has 9 nitrogen and oxygen atoms in total. The summed E-state index contributed by atoms with van der Waals surface area (Å²) in [6, 6.07) is 3.28. The standard InChI is InChI=1S/C10H12N2O7S/c1-6-2-3-7(4-8(6)12(16)17)20(18,19)11-5-9(13)10(14)15/h2-4,9,11,13H,5H2,1H3,(H,14,15). The van der Waals surface area contributed by atoms with Crippen LogP contribution in [-0.4, -0.2) is 42.2 Å². The molecule has 20 heavy (non-hydrogen) atoms. The monoisotopic (exact) mass is 304 g/mol. The summed E-state index contributed by atoms with van der Waals surface area (Å²) < 4.78 is 25.5. The number of carboxylic acids is 1. The van der Waals surface area contributed by atoms with Crippen molar-refractivity contribution in [3.63, 3.8) is 0 Å². The Labute approximate surface area is 114 Å².